The number of nitrogens with one attached hydrogen (secondary N) is 1. The van der Waals surface area contributed by atoms with Crippen molar-refractivity contribution in [3.05, 3.63) is 70.3 Å². The second-order valence-electron chi connectivity index (χ2n) is 7.70. The molecular weight excluding hydrogens is 390 g/mol. The van der Waals surface area contributed by atoms with Gasteiger partial charge < -0.3 is 24.3 Å². The lowest BCUT2D eigenvalue weighted by atomic mass is 9.94. The number of ether oxygens (including phenoxy) is 2. The van der Waals surface area contributed by atoms with E-state index < -0.39 is 5.60 Å². The third kappa shape index (κ3) is 4.02. The summed E-state index contributed by atoms with van der Waals surface area (Å²) in [6, 6.07) is 11.1. The first kappa shape index (κ1) is 19.5. The highest BCUT2D eigenvalue weighted by molar-refractivity contribution is 7.10. The molecule has 1 aromatic carbocycles. The fourth-order valence-corrected chi connectivity index (χ4v) is 4.31. The van der Waals surface area contributed by atoms with Crippen molar-refractivity contribution in [1.29, 1.82) is 0 Å². The first-order valence-electron chi connectivity index (χ1n) is 9.37. The van der Waals surface area contributed by atoms with Crippen LogP contribution in [0, 0.1) is 0 Å². The molecule has 0 spiro atoms. The summed E-state index contributed by atoms with van der Waals surface area (Å²) >= 11 is 1.41. The highest BCUT2D eigenvalue weighted by Crippen LogP contribution is 2.41. The molecule has 4 rings (SSSR count). The van der Waals surface area contributed by atoms with Crippen molar-refractivity contribution in [2.24, 2.45) is 0 Å². The number of benzene rings is 1. The van der Waals surface area contributed by atoms with E-state index in [1.54, 1.807) is 12.1 Å². The van der Waals surface area contributed by atoms with Gasteiger partial charge in [0.25, 0.3) is 5.91 Å². The monoisotopic (exact) mass is 413 g/mol. The largest absolute Gasteiger partial charge is 0.483 e. The standard InChI is InChI=1S/C22H23NO5S/c1-21(2)11-15-5-3-6-17(20(15)28-21)27-13-19(24)23-14-22(25,16-8-9-26-12-16)18-7-4-10-29-18/h3-10,12,25H,11,13-14H2,1-2H3,(H,23,24)/t22-/m1/s1. The van der Waals surface area contributed by atoms with E-state index in [4.69, 9.17) is 13.9 Å². The van der Waals surface area contributed by atoms with E-state index in [0.717, 1.165) is 16.9 Å². The van der Waals surface area contributed by atoms with Gasteiger partial charge in [0.05, 0.1) is 19.1 Å². The molecule has 2 N–H and O–H groups in total. The maximum atomic E-state index is 12.4. The SMILES string of the molecule is CC1(C)Cc2cccc(OCC(=O)NC[C@@](O)(c3ccoc3)c3cccs3)c2O1. The van der Waals surface area contributed by atoms with E-state index in [2.05, 4.69) is 5.32 Å². The Morgan fingerprint density at radius 2 is 2.17 bits per heavy atom. The fraction of sp³-hybridized carbons (Fsp3) is 0.318. The van der Waals surface area contributed by atoms with E-state index in [0.29, 0.717) is 17.1 Å². The minimum atomic E-state index is -1.36. The number of thiophene rings is 1. The Balaban J connectivity index is 1.40. The van der Waals surface area contributed by atoms with Crippen molar-refractivity contribution in [2.75, 3.05) is 13.2 Å². The molecule has 0 saturated carbocycles. The van der Waals surface area contributed by atoms with Crippen LogP contribution in [0.15, 0.2) is 58.7 Å². The molecule has 0 aliphatic carbocycles. The van der Waals surface area contributed by atoms with Crippen molar-refractivity contribution >= 4 is 17.2 Å². The lowest BCUT2D eigenvalue weighted by Gasteiger charge is -2.26. The molecule has 152 valence electrons. The van der Waals surface area contributed by atoms with Crippen LogP contribution in [0.4, 0.5) is 0 Å². The van der Waals surface area contributed by atoms with Crippen molar-refractivity contribution < 1.29 is 23.8 Å². The first-order valence-corrected chi connectivity index (χ1v) is 10.2. The quantitative estimate of drug-likeness (QED) is 0.620. The van der Waals surface area contributed by atoms with Gasteiger partial charge in [0.15, 0.2) is 18.1 Å². The maximum absolute atomic E-state index is 12.4. The number of fused-ring (bicyclic) bond motifs is 1. The Bertz CT molecular complexity index is 945. The van der Waals surface area contributed by atoms with Crippen molar-refractivity contribution in [1.82, 2.24) is 5.32 Å². The summed E-state index contributed by atoms with van der Waals surface area (Å²) < 4.78 is 16.8. The van der Waals surface area contributed by atoms with E-state index in [-0.39, 0.29) is 24.7 Å². The summed E-state index contributed by atoms with van der Waals surface area (Å²) in [5.41, 5.74) is 0.00157. The van der Waals surface area contributed by atoms with E-state index in [9.17, 15) is 9.90 Å². The molecule has 6 nitrogen and oxygen atoms in total. The molecule has 1 amide bonds. The van der Waals surface area contributed by atoms with Gasteiger partial charge in [-0.25, -0.2) is 0 Å². The van der Waals surface area contributed by atoms with Crippen LogP contribution in [0.1, 0.15) is 29.9 Å². The maximum Gasteiger partial charge on any atom is 0.258 e. The van der Waals surface area contributed by atoms with Crippen LogP contribution in [0.5, 0.6) is 11.5 Å². The molecule has 0 radical (unpaired) electrons. The highest BCUT2D eigenvalue weighted by atomic mass is 32.1. The molecular formula is C22H23NO5S. The van der Waals surface area contributed by atoms with Gasteiger partial charge in [0, 0.05) is 22.4 Å². The molecule has 0 saturated heterocycles. The molecule has 1 aliphatic rings. The average molecular weight is 413 g/mol. The second kappa shape index (κ2) is 7.57. The van der Waals surface area contributed by atoms with E-state index in [1.807, 2.05) is 43.5 Å². The van der Waals surface area contributed by atoms with Crippen molar-refractivity contribution in [3.8, 4) is 11.5 Å². The summed E-state index contributed by atoms with van der Waals surface area (Å²) in [6.07, 6.45) is 3.77. The summed E-state index contributed by atoms with van der Waals surface area (Å²) in [7, 11) is 0. The molecule has 0 unspecified atom stereocenters. The molecule has 7 heteroatoms. The number of hydrogen-bond acceptors (Lipinski definition) is 6. The Morgan fingerprint density at radius 3 is 2.90 bits per heavy atom. The van der Waals surface area contributed by atoms with Gasteiger partial charge in [0.2, 0.25) is 0 Å². The predicted molar refractivity (Wildman–Crippen MR) is 109 cm³/mol. The van der Waals surface area contributed by atoms with Gasteiger partial charge in [-0.1, -0.05) is 18.2 Å². The molecule has 1 atom stereocenters. The van der Waals surface area contributed by atoms with Gasteiger partial charge in [0.1, 0.15) is 11.2 Å². The lowest BCUT2D eigenvalue weighted by molar-refractivity contribution is -0.124. The number of carbonyl (C=O) groups is 1. The van der Waals surface area contributed by atoms with Gasteiger partial charge >= 0.3 is 0 Å². The van der Waals surface area contributed by atoms with Crippen LogP contribution in [0.3, 0.4) is 0 Å². The topological polar surface area (TPSA) is 80.9 Å². The Morgan fingerprint density at radius 1 is 1.31 bits per heavy atom. The van der Waals surface area contributed by atoms with Crippen LogP contribution in [0.2, 0.25) is 0 Å². The number of para-hydroxylation sites is 1. The van der Waals surface area contributed by atoms with Gasteiger partial charge in [-0.3, -0.25) is 4.79 Å². The van der Waals surface area contributed by atoms with E-state index in [1.165, 1.54) is 23.9 Å². The molecule has 0 bridgehead atoms. The number of amides is 1. The third-order valence-corrected chi connectivity index (χ3v) is 5.90. The number of furan rings is 1. The van der Waals surface area contributed by atoms with Gasteiger partial charge in [-0.2, -0.15) is 0 Å². The highest BCUT2D eigenvalue weighted by Gasteiger charge is 2.35. The van der Waals surface area contributed by atoms with Crippen LogP contribution in [-0.4, -0.2) is 29.8 Å². The van der Waals surface area contributed by atoms with Crippen LogP contribution in [-0.2, 0) is 16.8 Å². The molecule has 3 heterocycles. The third-order valence-electron chi connectivity index (χ3n) is 4.88. The van der Waals surface area contributed by atoms with Crippen LogP contribution < -0.4 is 14.8 Å². The number of aliphatic hydroxyl groups is 1. The van der Waals surface area contributed by atoms with E-state index >= 15 is 0 Å². The molecule has 29 heavy (non-hydrogen) atoms. The minimum Gasteiger partial charge on any atom is -0.483 e. The summed E-state index contributed by atoms with van der Waals surface area (Å²) in [4.78, 5) is 13.1. The van der Waals surface area contributed by atoms with Crippen molar-refractivity contribution in [3.63, 3.8) is 0 Å². The zero-order valence-electron chi connectivity index (χ0n) is 16.3. The average Bonchev–Trinajstić information content (AvgIpc) is 3.44. The number of hydrogen-bond donors (Lipinski definition) is 2. The molecule has 0 fully saturated rings. The smallest absolute Gasteiger partial charge is 0.258 e. The summed E-state index contributed by atoms with van der Waals surface area (Å²) in [6.45, 7) is 3.87. The Labute approximate surface area is 173 Å². The number of rotatable bonds is 7. The Kier molecular flexibility index (Phi) is 5.10. The first-order chi connectivity index (χ1) is 13.9. The van der Waals surface area contributed by atoms with Gasteiger partial charge in [-0.05, 0) is 37.4 Å². The number of carbonyl (C=O) groups excluding carboxylic acids is 1. The zero-order chi connectivity index (χ0) is 20.5. The second-order valence-corrected chi connectivity index (χ2v) is 8.65. The molecule has 1 aliphatic heterocycles. The predicted octanol–water partition coefficient (Wildman–Crippen LogP) is 3.49. The normalized spacial score (nSPS) is 16.5. The zero-order valence-corrected chi connectivity index (χ0v) is 17.1. The summed E-state index contributed by atoms with van der Waals surface area (Å²) in [5.74, 6) is 0.906. The van der Waals surface area contributed by atoms with Crippen LogP contribution in [0.25, 0.3) is 0 Å². The summed E-state index contributed by atoms with van der Waals surface area (Å²) in [5, 5.41) is 15.9. The molecule has 2 aromatic heterocycles. The minimum absolute atomic E-state index is 0.00562. The van der Waals surface area contributed by atoms with Crippen molar-refractivity contribution in [2.45, 2.75) is 31.5 Å². The Hall–Kier alpha value is -2.77. The fourth-order valence-electron chi connectivity index (χ4n) is 3.47. The van der Waals surface area contributed by atoms with Crippen LogP contribution >= 0.6 is 11.3 Å². The molecule has 3 aromatic rings. The lowest BCUT2D eigenvalue weighted by Crippen LogP contribution is -2.42. The van der Waals surface area contributed by atoms with Gasteiger partial charge in [-0.15, -0.1) is 11.3 Å².